The van der Waals surface area contributed by atoms with Gasteiger partial charge in [0.2, 0.25) is 0 Å². The lowest BCUT2D eigenvalue weighted by Gasteiger charge is -2.27. The summed E-state index contributed by atoms with van der Waals surface area (Å²) >= 11 is 0. The number of azo groups is 1. The van der Waals surface area contributed by atoms with Gasteiger partial charge < -0.3 is 0 Å². The first kappa shape index (κ1) is 10.3. The minimum atomic E-state index is 0.0914. The van der Waals surface area contributed by atoms with Gasteiger partial charge in [-0.1, -0.05) is 37.5 Å². The summed E-state index contributed by atoms with van der Waals surface area (Å²) in [7, 11) is 0. The molecule has 0 atom stereocenters. The zero-order chi connectivity index (χ0) is 10.6. The van der Waals surface area contributed by atoms with Gasteiger partial charge in [-0.15, -0.1) is 0 Å². The van der Waals surface area contributed by atoms with Gasteiger partial charge in [-0.05, 0) is 31.9 Å². The molecule has 1 aromatic rings. The van der Waals surface area contributed by atoms with Crippen LogP contribution in [-0.2, 0) is 0 Å². The third-order valence-corrected chi connectivity index (χ3v) is 3.09. The molecule has 80 valence electrons. The molecular formula is C13H18N2. The molecule has 1 aliphatic carbocycles. The summed E-state index contributed by atoms with van der Waals surface area (Å²) in [6, 6.07) is 9.99. The van der Waals surface area contributed by atoms with Gasteiger partial charge >= 0.3 is 0 Å². The smallest absolute Gasteiger partial charge is 0.0852 e. The first-order valence-corrected chi connectivity index (χ1v) is 5.77. The molecule has 2 nitrogen and oxygen atoms in total. The van der Waals surface area contributed by atoms with Crippen molar-refractivity contribution in [3.63, 3.8) is 0 Å². The van der Waals surface area contributed by atoms with Crippen molar-refractivity contribution >= 4 is 5.69 Å². The third-order valence-electron chi connectivity index (χ3n) is 3.09. The van der Waals surface area contributed by atoms with Gasteiger partial charge in [0.15, 0.2) is 0 Å². The predicted octanol–water partition coefficient (Wildman–Crippen LogP) is 4.49. The van der Waals surface area contributed by atoms with Gasteiger partial charge in [-0.2, -0.15) is 10.2 Å². The summed E-state index contributed by atoms with van der Waals surface area (Å²) in [5.74, 6) is 0. The predicted molar refractivity (Wildman–Crippen MR) is 62.4 cm³/mol. The normalized spacial score (nSPS) is 20.6. The highest BCUT2D eigenvalue weighted by molar-refractivity contribution is 5.34. The van der Waals surface area contributed by atoms with Gasteiger partial charge in [-0.25, -0.2) is 0 Å². The average molecular weight is 202 g/mol. The van der Waals surface area contributed by atoms with Gasteiger partial charge in [0.25, 0.3) is 0 Å². The maximum absolute atomic E-state index is 4.51. The maximum Gasteiger partial charge on any atom is 0.0852 e. The molecule has 1 fully saturated rings. The Bertz CT molecular complexity index is 324. The average Bonchev–Trinajstić information content (AvgIpc) is 2.29. The van der Waals surface area contributed by atoms with Crippen LogP contribution in [-0.4, -0.2) is 5.54 Å². The minimum absolute atomic E-state index is 0.0914. The van der Waals surface area contributed by atoms with Crippen molar-refractivity contribution < 1.29 is 0 Å². The van der Waals surface area contributed by atoms with Crippen LogP contribution in [0.2, 0.25) is 0 Å². The lowest BCUT2D eigenvalue weighted by Crippen LogP contribution is -2.24. The van der Waals surface area contributed by atoms with E-state index in [1.54, 1.807) is 0 Å². The Balaban J connectivity index is 2.04. The Morgan fingerprint density at radius 1 is 1.00 bits per heavy atom. The Hall–Kier alpha value is -1.18. The van der Waals surface area contributed by atoms with Crippen molar-refractivity contribution in [2.24, 2.45) is 10.2 Å². The van der Waals surface area contributed by atoms with E-state index in [-0.39, 0.29) is 5.54 Å². The van der Waals surface area contributed by atoms with E-state index in [1.807, 2.05) is 30.3 Å². The molecule has 1 aromatic carbocycles. The van der Waals surface area contributed by atoms with E-state index in [0.29, 0.717) is 0 Å². The van der Waals surface area contributed by atoms with Crippen molar-refractivity contribution in [1.82, 2.24) is 0 Å². The van der Waals surface area contributed by atoms with Gasteiger partial charge in [0.1, 0.15) is 0 Å². The van der Waals surface area contributed by atoms with E-state index in [9.17, 15) is 0 Å². The molecule has 2 heteroatoms. The molecule has 0 N–H and O–H groups in total. The monoisotopic (exact) mass is 202 g/mol. The van der Waals surface area contributed by atoms with Crippen LogP contribution < -0.4 is 0 Å². The maximum atomic E-state index is 4.51. The van der Waals surface area contributed by atoms with E-state index >= 15 is 0 Å². The van der Waals surface area contributed by atoms with Crippen LogP contribution in [0.3, 0.4) is 0 Å². The van der Waals surface area contributed by atoms with Crippen LogP contribution >= 0.6 is 0 Å². The highest BCUT2D eigenvalue weighted by Crippen LogP contribution is 2.32. The summed E-state index contributed by atoms with van der Waals surface area (Å²) in [5, 5.41) is 8.84. The van der Waals surface area contributed by atoms with Gasteiger partial charge in [0.05, 0.1) is 11.2 Å². The number of benzene rings is 1. The fraction of sp³-hybridized carbons (Fsp3) is 0.538. The van der Waals surface area contributed by atoms with Crippen molar-refractivity contribution in [3.05, 3.63) is 30.3 Å². The number of nitrogens with zero attached hydrogens (tertiary/aromatic N) is 2. The highest BCUT2D eigenvalue weighted by atomic mass is 15.1. The lowest BCUT2D eigenvalue weighted by atomic mass is 9.84. The molecule has 15 heavy (non-hydrogen) atoms. The van der Waals surface area contributed by atoms with Crippen molar-refractivity contribution in [2.45, 2.75) is 44.6 Å². The fourth-order valence-electron chi connectivity index (χ4n) is 2.09. The van der Waals surface area contributed by atoms with Crippen LogP contribution in [0.15, 0.2) is 40.6 Å². The zero-order valence-electron chi connectivity index (χ0n) is 9.32. The van der Waals surface area contributed by atoms with Crippen LogP contribution in [0.4, 0.5) is 5.69 Å². The minimum Gasteiger partial charge on any atom is -0.182 e. The molecule has 0 radical (unpaired) electrons. The summed E-state index contributed by atoms with van der Waals surface area (Å²) in [4.78, 5) is 0. The molecule has 0 unspecified atom stereocenters. The molecular weight excluding hydrogens is 184 g/mol. The van der Waals surface area contributed by atoms with Crippen molar-refractivity contribution in [1.29, 1.82) is 0 Å². The highest BCUT2D eigenvalue weighted by Gasteiger charge is 2.26. The first-order valence-electron chi connectivity index (χ1n) is 5.77. The Morgan fingerprint density at radius 2 is 1.67 bits per heavy atom. The van der Waals surface area contributed by atoms with Crippen LogP contribution in [0.1, 0.15) is 39.0 Å². The second-order valence-corrected chi connectivity index (χ2v) is 4.59. The first-order chi connectivity index (χ1) is 7.29. The van der Waals surface area contributed by atoms with E-state index in [4.69, 9.17) is 0 Å². The molecule has 0 bridgehead atoms. The SMILES string of the molecule is CC1(N=Nc2ccccc2)CCCCC1. The van der Waals surface area contributed by atoms with E-state index in [1.165, 1.54) is 32.1 Å². The van der Waals surface area contributed by atoms with Crippen molar-refractivity contribution in [3.8, 4) is 0 Å². The van der Waals surface area contributed by atoms with E-state index in [2.05, 4.69) is 17.2 Å². The Labute approximate surface area is 91.4 Å². The molecule has 0 heterocycles. The third kappa shape index (κ3) is 2.88. The summed E-state index contributed by atoms with van der Waals surface area (Å²) in [6.45, 7) is 2.22. The molecule has 2 rings (SSSR count). The van der Waals surface area contributed by atoms with E-state index in [0.717, 1.165) is 5.69 Å². The van der Waals surface area contributed by atoms with Crippen molar-refractivity contribution in [2.75, 3.05) is 0 Å². The van der Waals surface area contributed by atoms with E-state index < -0.39 is 0 Å². The molecule has 0 amide bonds. The topological polar surface area (TPSA) is 24.7 Å². The fourth-order valence-corrected chi connectivity index (χ4v) is 2.09. The van der Waals surface area contributed by atoms with Gasteiger partial charge in [0, 0.05) is 0 Å². The number of rotatable bonds is 2. The Morgan fingerprint density at radius 3 is 2.33 bits per heavy atom. The Kier molecular flexibility index (Phi) is 3.14. The standard InChI is InChI=1S/C13H18N2/c1-13(10-6-3-7-11-13)15-14-12-8-4-2-5-9-12/h2,4-5,8-9H,3,6-7,10-11H2,1H3. The summed E-state index contributed by atoms with van der Waals surface area (Å²) in [5.41, 5.74) is 1.05. The molecule has 1 saturated carbocycles. The van der Waals surface area contributed by atoms with Crippen LogP contribution in [0, 0.1) is 0 Å². The zero-order valence-corrected chi connectivity index (χ0v) is 9.32. The molecule has 0 spiro atoms. The second kappa shape index (κ2) is 4.56. The van der Waals surface area contributed by atoms with Crippen LogP contribution in [0.25, 0.3) is 0 Å². The number of hydrogen-bond acceptors (Lipinski definition) is 2. The largest absolute Gasteiger partial charge is 0.182 e. The molecule has 0 saturated heterocycles. The summed E-state index contributed by atoms with van der Waals surface area (Å²) in [6.07, 6.45) is 6.32. The molecule has 0 aliphatic heterocycles. The quantitative estimate of drug-likeness (QED) is 0.631. The van der Waals surface area contributed by atoms with Gasteiger partial charge in [-0.3, -0.25) is 0 Å². The number of hydrogen-bond donors (Lipinski definition) is 0. The molecule has 0 aromatic heterocycles. The molecule has 1 aliphatic rings. The lowest BCUT2D eigenvalue weighted by molar-refractivity contribution is 0.313. The summed E-state index contributed by atoms with van der Waals surface area (Å²) < 4.78 is 0. The second-order valence-electron chi connectivity index (χ2n) is 4.59. The van der Waals surface area contributed by atoms with Crippen LogP contribution in [0.5, 0.6) is 0 Å².